The Morgan fingerprint density at radius 2 is 2.17 bits per heavy atom. The summed E-state index contributed by atoms with van der Waals surface area (Å²) in [5.74, 6) is 0.382. The molecule has 1 aromatic carbocycles. The highest BCUT2D eigenvalue weighted by atomic mass is 35.5. The van der Waals surface area contributed by atoms with Gasteiger partial charge in [-0.05, 0) is 37.1 Å². The van der Waals surface area contributed by atoms with Crippen LogP contribution in [0.3, 0.4) is 0 Å². The Labute approximate surface area is 117 Å². The van der Waals surface area contributed by atoms with Crippen molar-refractivity contribution in [2.75, 3.05) is 13.1 Å². The van der Waals surface area contributed by atoms with E-state index < -0.39 is 0 Å². The Morgan fingerprint density at radius 3 is 2.83 bits per heavy atom. The number of hydrogen-bond donors (Lipinski definition) is 2. The first-order chi connectivity index (χ1) is 8.58. The Hall–Kier alpha value is -0.770. The molecule has 98 valence electrons. The maximum Gasteiger partial charge on any atom is 0.251 e. The fraction of sp³-hybridized carbons (Fsp3) is 0.462. The van der Waals surface area contributed by atoms with Crippen molar-refractivity contribution in [2.45, 2.75) is 19.4 Å². The lowest BCUT2D eigenvalue weighted by atomic mass is 9.94. The Kier molecular flexibility index (Phi) is 4.49. The van der Waals surface area contributed by atoms with Gasteiger partial charge in [-0.1, -0.05) is 30.1 Å². The summed E-state index contributed by atoms with van der Waals surface area (Å²) in [5.41, 5.74) is 0.544. The Balaban J connectivity index is 2.04. The predicted molar refractivity (Wildman–Crippen MR) is 74.4 cm³/mol. The minimum absolute atomic E-state index is 0.103. The van der Waals surface area contributed by atoms with Crippen molar-refractivity contribution in [3.05, 3.63) is 33.8 Å². The molecule has 2 unspecified atom stereocenters. The van der Waals surface area contributed by atoms with Gasteiger partial charge < -0.3 is 10.6 Å². The molecule has 1 fully saturated rings. The van der Waals surface area contributed by atoms with E-state index in [2.05, 4.69) is 17.6 Å². The molecule has 2 N–H and O–H groups in total. The molecular weight excluding hydrogens is 271 g/mol. The van der Waals surface area contributed by atoms with Crippen molar-refractivity contribution in [1.29, 1.82) is 0 Å². The van der Waals surface area contributed by atoms with Crippen LogP contribution < -0.4 is 10.6 Å². The highest BCUT2D eigenvalue weighted by Gasteiger charge is 2.23. The molecule has 0 radical (unpaired) electrons. The second kappa shape index (κ2) is 5.91. The third kappa shape index (κ3) is 3.16. The molecule has 1 heterocycles. The van der Waals surface area contributed by atoms with Gasteiger partial charge in [-0.2, -0.15) is 0 Å². The zero-order valence-corrected chi connectivity index (χ0v) is 11.7. The fourth-order valence-corrected chi connectivity index (χ4v) is 2.37. The Bertz CT molecular complexity index is 451. The fourth-order valence-electron chi connectivity index (χ4n) is 2.07. The highest BCUT2D eigenvalue weighted by Crippen LogP contribution is 2.22. The molecule has 0 spiro atoms. The van der Waals surface area contributed by atoms with Crippen LogP contribution in [0.4, 0.5) is 0 Å². The summed E-state index contributed by atoms with van der Waals surface area (Å²) < 4.78 is 0. The number of carbonyl (C=O) groups excluding carboxylic acids is 1. The lowest BCUT2D eigenvalue weighted by molar-refractivity contribution is 0.0915. The van der Waals surface area contributed by atoms with E-state index in [-0.39, 0.29) is 11.9 Å². The lowest BCUT2D eigenvalue weighted by Gasteiger charge is -2.30. The zero-order chi connectivity index (χ0) is 13.1. The summed E-state index contributed by atoms with van der Waals surface area (Å²) in [6.07, 6.45) is 1.08. The largest absolute Gasteiger partial charge is 0.348 e. The summed E-state index contributed by atoms with van der Waals surface area (Å²) >= 11 is 11.7. The number of piperidine rings is 1. The first kappa shape index (κ1) is 13.7. The van der Waals surface area contributed by atoms with Gasteiger partial charge in [0.25, 0.3) is 5.91 Å². The minimum Gasteiger partial charge on any atom is -0.348 e. The van der Waals surface area contributed by atoms with Crippen LogP contribution in [0.15, 0.2) is 18.2 Å². The average Bonchev–Trinajstić information content (AvgIpc) is 2.35. The van der Waals surface area contributed by atoms with Gasteiger partial charge in [0, 0.05) is 18.2 Å². The predicted octanol–water partition coefficient (Wildman–Crippen LogP) is 2.72. The van der Waals surface area contributed by atoms with Crippen LogP contribution in [0, 0.1) is 5.92 Å². The molecule has 3 nitrogen and oxygen atoms in total. The number of rotatable bonds is 2. The molecule has 1 aliphatic rings. The van der Waals surface area contributed by atoms with Gasteiger partial charge in [0.1, 0.15) is 0 Å². The van der Waals surface area contributed by atoms with E-state index in [0.717, 1.165) is 19.5 Å². The number of benzene rings is 1. The van der Waals surface area contributed by atoms with E-state index in [1.54, 1.807) is 18.2 Å². The third-order valence-corrected chi connectivity index (χ3v) is 4.06. The van der Waals surface area contributed by atoms with Crippen LogP contribution in [-0.4, -0.2) is 25.0 Å². The summed E-state index contributed by atoms with van der Waals surface area (Å²) in [6, 6.07) is 5.09. The van der Waals surface area contributed by atoms with Gasteiger partial charge in [0.15, 0.2) is 0 Å². The van der Waals surface area contributed by atoms with Crippen molar-refractivity contribution in [1.82, 2.24) is 10.6 Å². The number of nitrogens with one attached hydrogen (secondary N) is 2. The van der Waals surface area contributed by atoms with Crippen LogP contribution in [-0.2, 0) is 0 Å². The standard InChI is InChI=1S/C13H16Cl2N2O/c1-8-4-5-16-7-12(8)17-13(18)9-2-3-10(14)11(15)6-9/h2-3,6,8,12,16H,4-5,7H2,1H3,(H,17,18). The molecule has 0 bridgehead atoms. The van der Waals surface area contributed by atoms with Crippen molar-refractivity contribution < 1.29 is 4.79 Å². The average molecular weight is 287 g/mol. The van der Waals surface area contributed by atoms with E-state index in [0.29, 0.717) is 21.5 Å². The van der Waals surface area contributed by atoms with Gasteiger partial charge in [0.05, 0.1) is 10.0 Å². The molecule has 0 aliphatic carbocycles. The maximum atomic E-state index is 12.1. The number of carbonyl (C=O) groups is 1. The molecular formula is C13H16Cl2N2O. The van der Waals surface area contributed by atoms with Gasteiger partial charge in [0.2, 0.25) is 0 Å². The molecule has 1 saturated heterocycles. The normalized spacial score (nSPS) is 23.7. The minimum atomic E-state index is -0.103. The van der Waals surface area contributed by atoms with Crippen molar-refractivity contribution >= 4 is 29.1 Å². The highest BCUT2D eigenvalue weighted by molar-refractivity contribution is 6.42. The molecule has 1 aromatic rings. The topological polar surface area (TPSA) is 41.1 Å². The second-order valence-electron chi connectivity index (χ2n) is 4.68. The van der Waals surface area contributed by atoms with E-state index in [9.17, 15) is 4.79 Å². The van der Waals surface area contributed by atoms with Gasteiger partial charge in [-0.15, -0.1) is 0 Å². The molecule has 18 heavy (non-hydrogen) atoms. The molecule has 1 amide bonds. The van der Waals surface area contributed by atoms with E-state index in [1.807, 2.05) is 0 Å². The van der Waals surface area contributed by atoms with Gasteiger partial charge in [-0.25, -0.2) is 0 Å². The van der Waals surface area contributed by atoms with E-state index in [1.165, 1.54) is 0 Å². The molecule has 1 aliphatic heterocycles. The number of halogens is 2. The number of amides is 1. The first-order valence-corrected chi connectivity index (χ1v) is 6.80. The smallest absolute Gasteiger partial charge is 0.251 e. The van der Waals surface area contributed by atoms with Gasteiger partial charge >= 0.3 is 0 Å². The third-order valence-electron chi connectivity index (χ3n) is 3.33. The molecule has 2 atom stereocenters. The van der Waals surface area contributed by atoms with Crippen LogP contribution in [0.1, 0.15) is 23.7 Å². The first-order valence-electron chi connectivity index (χ1n) is 6.04. The zero-order valence-electron chi connectivity index (χ0n) is 10.2. The monoisotopic (exact) mass is 286 g/mol. The summed E-state index contributed by atoms with van der Waals surface area (Å²) in [4.78, 5) is 12.1. The summed E-state index contributed by atoms with van der Waals surface area (Å²) in [7, 11) is 0. The SMILES string of the molecule is CC1CCNCC1NC(=O)c1ccc(Cl)c(Cl)c1. The van der Waals surface area contributed by atoms with Gasteiger partial charge in [-0.3, -0.25) is 4.79 Å². The summed E-state index contributed by atoms with van der Waals surface area (Å²) in [5, 5.41) is 7.17. The quantitative estimate of drug-likeness (QED) is 0.878. The van der Waals surface area contributed by atoms with Crippen LogP contribution in [0.2, 0.25) is 10.0 Å². The molecule has 0 saturated carbocycles. The summed E-state index contributed by atoms with van der Waals surface area (Å²) in [6.45, 7) is 3.98. The lowest BCUT2D eigenvalue weighted by Crippen LogP contribution is -2.50. The van der Waals surface area contributed by atoms with E-state index >= 15 is 0 Å². The van der Waals surface area contributed by atoms with Crippen LogP contribution >= 0.6 is 23.2 Å². The Morgan fingerprint density at radius 1 is 1.39 bits per heavy atom. The van der Waals surface area contributed by atoms with Crippen molar-refractivity contribution in [3.8, 4) is 0 Å². The van der Waals surface area contributed by atoms with Crippen molar-refractivity contribution in [3.63, 3.8) is 0 Å². The molecule has 5 heteroatoms. The second-order valence-corrected chi connectivity index (χ2v) is 5.49. The molecule has 0 aromatic heterocycles. The van der Waals surface area contributed by atoms with Crippen molar-refractivity contribution in [2.24, 2.45) is 5.92 Å². The number of hydrogen-bond acceptors (Lipinski definition) is 2. The van der Waals surface area contributed by atoms with Crippen LogP contribution in [0.5, 0.6) is 0 Å². The maximum absolute atomic E-state index is 12.1. The molecule has 2 rings (SSSR count). The van der Waals surface area contributed by atoms with E-state index in [4.69, 9.17) is 23.2 Å². The van der Waals surface area contributed by atoms with Crippen LogP contribution in [0.25, 0.3) is 0 Å².